The summed E-state index contributed by atoms with van der Waals surface area (Å²) in [6.45, 7) is 0. The fraction of sp³-hybridized carbons (Fsp3) is 0.467. The predicted molar refractivity (Wildman–Crippen MR) is 80.6 cm³/mol. The highest BCUT2D eigenvalue weighted by Gasteiger charge is 2.18. The maximum Gasteiger partial charge on any atom is 0.321 e. The molecule has 0 aromatic heterocycles. The van der Waals surface area contributed by atoms with Crippen LogP contribution in [-0.4, -0.2) is 23.7 Å². The zero-order valence-electron chi connectivity index (χ0n) is 12.0. The van der Waals surface area contributed by atoms with Gasteiger partial charge < -0.3 is 5.32 Å². The number of hydrogen-bond acceptors (Lipinski definition) is 3. The van der Waals surface area contributed by atoms with Gasteiger partial charge >= 0.3 is 6.03 Å². The lowest BCUT2D eigenvalue weighted by molar-refractivity contribution is -0.119. The molecule has 0 bridgehead atoms. The molecule has 3 amide bonds. The third kappa shape index (κ3) is 5.29. The van der Waals surface area contributed by atoms with Crippen molar-refractivity contribution in [3.05, 3.63) is 29.8 Å². The van der Waals surface area contributed by atoms with Gasteiger partial charge in [0.15, 0.2) is 11.6 Å². The van der Waals surface area contributed by atoms with Crippen molar-refractivity contribution in [2.45, 2.75) is 43.0 Å². The fourth-order valence-corrected chi connectivity index (χ4v) is 3.18. The topological polar surface area (TPSA) is 58.2 Å². The molecule has 1 aliphatic rings. The quantitative estimate of drug-likeness (QED) is 0.816. The number of benzene rings is 1. The summed E-state index contributed by atoms with van der Waals surface area (Å²) in [7, 11) is 0. The molecule has 0 aliphatic heterocycles. The summed E-state index contributed by atoms with van der Waals surface area (Å²) < 4.78 is 25.8. The van der Waals surface area contributed by atoms with Crippen LogP contribution in [0.4, 0.5) is 13.6 Å². The number of thioether (sulfide) groups is 1. The van der Waals surface area contributed by atoms with Gasteiger partial charge in [-0.05, 0) is 31.0 Å². The van der Waals surface area contributed by atoms with Crippen LogP contribution in [0.5, 0.6) is 0 Å². The van der Waals surface area contributed by atoms with Crippen LogP contribution in [0, 0.1) is 11.6 Å². The molecule has 120 valence electrons. The largest absolute Gasteiger partial charge is 0.335 e. The number of carbonyl (C=O) groups is 2. The van der Waals surface area contributed by atoms with Gasteiger partial charge in [0.2, 0.25) is 5.91 Å². The molecular weight excluding hydrogens is 310 g/mol. The normalized spacial score (nSPS) is 14.8. The molecule has 1 aromatic carbocycles. The first kappa shape index (κ1) is 16.7. The lowest BCUT2D eigenvalue weighted by atomic mass is 10.2. The Kier molecular flexibility index (Phi) is 6.18. The Hall–Kier alpha value is -1.63. The molecule has 7 heteroatoms. The maximum atomic E-state index is 13.0. The molecule has 22 heavy (non-hydrogen) atoms. The van der Waals surface area contributed by atoms with E-state index in [2.05, 4.69) is 10.6 Å². The van der Waals surface area contributed by atoms with E-state index in [-0.39, 0.29) is 18.4 Å². The number of urea groups is 1. The average Bonchev–Trinajstić information content (AvgIpc) is 2.95. The summed E-state index contributed by atoms with van der Waals surface area (Å²) in [6, 6.07) is 3.28. The highest BCUT2D eigenvalue weighted by molar-refractivity contribution is 7.99. The first-order valence-electron chi connectivity index (χ1n) is 7.23. The molecule has 0 saturated heterocycles. The summed E-state index contributed by atoms with van der Waals surface area (Å²) in [5.74, 6) is -1.81. The number of hydrogen-bond donors (Lipinski definition) is 2. The van der Waals surface area contributed by atoms with E-state index >= 15 is 0 Å². The van der Waals surface area contributed by atoms with Gasteiger partial charge in [-0.2, -0.15) is 0 Å². The Bertz CT molecular complexity index is 548. The predicted octanol–water partition coefficient (Wildman–Crippen LogP) is 3.22. The molecule has 2 N–H and O–H groups in total. The van der Waals surface area contributed by atoms with Gasteiger partial charge in [0.25, 0.3) is 0 Å². The van der Waals surface area contributed by atoms with Gasteiger partial charge in [-0.3, -0.25) is 10.1 Å². The van der Waals surface area contributed by atoms with E-state index in [1.54, 1.807) is 0 Å². The Morgan fingerprint density at radius 1 is 1.18 bits per heavy atom. The van der Waals surface area contributed by atoms with Gasteiger partial charge in [-0.25, -0.2) is 13.6 Å². The number of nitrogens with one attached hydrogen (secondary N) is 2. The molecule has 0 atom stereocenters. The molecular formula is C15H18F2N2O2S. The van der Waals surface area contributed by atoms with E-state index in [0.717, 1.165) is 37.8 Å². The summed E-state index contributed by atoms with van der Waals surface area (Å²) in [6.07, 6.45) is 4.23. The Morgan fingerprint density at radius 2 is 1.91 bits per heavy atom. The Morgan fingerprint density at radius 3 is 2.59 bits per heavy atom. The van der Waals surface area contributed by atoms with Crippen molar-refractivity contribution in [3.8, 4) is 0 Å². The van der Waals surface area contributed by atoms with E-state index in [1.807, 2.05) is 0 Å². The van der Waals surface area contributed by atoms with Gasteiger partial charge in [0.1, 0.15) is 0 Å². The molecule has 0 unspecified atom stereocenters. The van der Waals surface area contributed by atoms with Crippen molar-refractivity contribution in [2.75, 3.05) is 5.75 Å². The van der Waals surface area contributed by atoms with Crippen molar-refractivity contribution in [1.82, 2.24) is 10.6 Å². The van der Waals surface area contributed by atoms with Gasteiger partial charge in [-0.1, -0.05) is 12.8 Å². The van der Waals surface area contributed by atoms with Crippen LogP contribution in [0.25, 0.3) is 0 Å². The van der Waals surface area contributed by atoms with E-state index in [9.17, 15) is 18.4 Å². The van der Waals surface area contributed by atoms with Crippen LogP contribution >= 0.6 is 11.8 Å². The maximum absolute atomic E-state index is 13.0. The molecule has 1 fully saturated rings. The standard InChI is InChI=1S/C15H18F2N2O2S/c16-12-6-5-11(9-13(12)17)22-8-7-14(20)19-15(21)18-10-3-1-2-4-10/h5-6,9-10H,1-4,7-8H2,(H2,18,19,20,21). The lowest BCUT2D eigenvalue weighted by Gasteiger charge is -2.12. The second-order valence-corrected chi connectivity index (χ2v) is 6.35. The fourth-order valence-electron chi connectivity index (χ4n) is 2.31. The highest BCUT2D eigenvalue weighted by atomic mass is 32.2. The first-order valence-corrected chi connectivity index (χ1v) is 8.21. The van der Waals surface area contributed by atoms with E-state index < -0.39 is 17.7 Å². The number of amides is 3. The SMILES string of the molecule is O=C(CCSc1ccc(F)c(F)c1)NC(=O)NC1CCCC1. The minimum Gasteiger partial charge on any atom is -0.335 e. The summed E-state index contributed by atoms with van der Waals surface area (Å²) in [5.41, 5.74) is 0. The third-order valence-electron chi connectivity index (χ3n) is 3.43. The molecule has 1 aliphatic carbocycles. The number of rotatable bonds is 5. The van der Waals surface area contributed by atoms with E-state index in [1.165, 1.54) is 17.8 Å². The lowest BCUT2D eigenvalue weighted by Crippen LogP contribution is -2.43. The molecule has 1 saturated carbocycles. The van der Waals surface area contributed by atoms with E-state index in [0.29, 0.717) is 10.6 Å². The molecule has 0 radical (unpaired) electrons. The summed E-state index contributed by atoms with van der Waals surface area (Å²) in [4.78, 5) is 23.7. The van der Waals surface area contributed by atoms with Crippen LogP contribution in [-0.2, 0) is 4.79 Å². The molecule has 2 rings (SSSR count). The van der Waals surface area contributed by atoms with Gasteiger partial charge in [0, 0.05) is 23.1 Å². The minimum absolute atomic E-state index is 0.127. The molecule has 0 heterocycles. The van der Waals surface area contributed by atoms with Crippen LogP contribution in [0.3, 0.4) is 0 Å². The van der Waals surface area contributed by atoms with Crippen LogP contribution in [0.15, 0.2) is 23.1 Å². The third-order valence-corrected chi connectivity index (χ3v) is 4.43. The van der Waals surface area contributed by atoms with Crippen molar-refractivity contribution in [2.24, 2.45) is 0 Å². The van der Waals surface area contributed by atoms with Crippen molar-refractivity contribution >= 4 is 23.7 Å². The van der Waals surface area contributed by atoms with Gasteiger partial charge in [0.05, 0.1) is 0 Å². The van der Waals surface area contributed by atoms with Crippen LogP contribution in [0.2, 0.25) is 0 Å². The second-order valence-electron chi connectivity index (χ2n) is 5.18. The molecule has 4 nitrogen and oxygen atoms in total. The molecule has 0 spiro atoms. The van der Waals surface area contributed by atoms with Gasteiger partial charge in [-0.15, -0.1) is 11.8 Å². The number of halogens is 2. The van der Waals surface area contributed by atoms with Crippen LogP contribution < -0.4 is 10.6 Å². The monoisotopic (exact) mass is 328 g/mol. The van der Waals surface area contributed by atoms with E-state index in [4.69, 9.17) is 0 Å². The second kappa shape index (κ2) is 8.12. The zero-order chi connectivity index (χ0) is 15.9. The minimum atomic E-state index is -0.912. The average molecular weight is 328 g/mol. The highest BCUT2D eigenvalue weighted by Crippen LogP contribution is 2.21. The Balaban J connectivity index is 1.66. The van der Waals surface area contributed by atoms with Crippen LogP contribution in [0.1, 0.15) is 32.1 Å². The van der Waals surface area contributed by atoms with Crippen molar-refractivity contribution in [3.63, 3.8) is 0 Å². The Labute approximate surface area is 132 Å². The summed E-state index contributed by atoms with van der Waals surface area (Å²) >= 11 is 1.23. The number of carbonyl (C=O) groups excluding carboxylic acids is 2. The summed E-state index contributed by atoms with van der Waals surface area (Å²) in [5, 5.41) is 5.04. The van der Waals surface area contributed by atoms with Crippen molar-refractivity contribution < 1.29 is 18.4 Å². The first-order chi connectivity index (χ1) is 10.5. The van der Waals surface area contributed by atoms with Crippen molar-refractivity contribution in [1.29, 1.82) is 0 Å². The molecule has 1 aromatic rings. The zero-order valence-corrected chi connectivity index (χ0v) is 12.8. The number of imide groups is 1. The smallest absolute Gasteiger partial charge is 0.321 e.